The summed E-state index contributed by atoms with van der Waals surface area (Å²) in [6.07, 6.45) is -7.56. The Bertz CT molecular complexity index is 1240. The Hall–Kier alpha value is -3.00. The van der Waals surface area contributed by atoms with Crippen LogP contribution >= 0.6 is 21.6 Å². The second kappa shape index (κ2) is 7.85. The number of benzene rings is 2. The van der Waals surface area contributed by atoms with Gasteiger partial charge in [0.1, 0.15) is 23.4 Å². The highest BCUT2D eigenvalue weighted by molar-refractivity contribution is 8.76. The number of hydrogen-bond donors (Lipinski definition) is 0. The molecule has 2 heterocycles. The quantitative estimate of drug-likeness (QED) is 0.176. The predicted octanol–water partition coefficient (Wildman–Crippen LogP) is 4.89. The summed E-state index contributed by atoms with van der Waals surface area (Å²) < 4.78 is 79.2. The molecule has 0 spiro atoms. The van der Waals surface area contributed by atoms with E-state index < -0.39 is 34.5 Å². The molecule has 2 aromatic carbocycles. The number of rotatable bonds is 3. The van der Waals surface area contributed by atoms with Crippen molar-refractivity contribution >= 4 is 43.7 Å². The van der Waals surface area contributed by atoms with E-state index in [9.17, 15) is 36.8 Å². The SMILES string of the molecule is [O-][n+]1c(SSc2cnc3c(C(F)(F)F)cccc3[n+]2[O-])cnc2c(C(F)(F)F)cccc21. The van der Waals surface area contributed by atoms with Gasteiger partial charge in [0.25, 0.3) is 10.1 Å². The highest BCUT2D eigenvalue weighted by Crippen LogP contribution is 2.38. The number of aromatic nitrogens is 4. The molecule has 6 nitrogen and oxygen atoms in total. The van der Waals surface area contributed by atoms with Crippen LogP contribution in [0.4, 0.5) is 26.3 Å². The summed E-state index contributed by atoms with van der Waals surface area (Å²) >= 11 is 0. The van der Waals surface area contributed by atoms with Crippen LogP contribution in [0.5, 0.6) is 0 Å². The fourth-order valence-corrected chi connectivity index (χ4v) is 4.77. The van der Waals surface area contributed by atoms with Gasteiger partial charge in [0, 0.05) is 33.7 Å². The number of fused-ring (bicyclic) bond motifs is 2. The molecular formula is C18H8F6N4O2S2. The number of hydrogen-bond acceptors (Lipinski definition) is 6. The molecule has 0 aliphatic heterocycles. The van der Waals surface area contributed by atoms with Gasteiger partial charge in [-0.3, -0.25) is 0 Å². The molecule has 0 amide bonds. The van der Waals surface area contributed by atoms with Crippen LogP contribution in [0.15, 0.2) is 58.8 Å². The van der Waals surface area contributed by atoms with E-state index in [4.69, 9.17) is 0 Å². The maximum absolute atomic E-state index is 13.1. The molecule has 166 valence electrons. The number of nitrogens with zero attached hydrogens (tertiary/aromatic N) is 4. The Morgan fingerprint density at radius 2 is 1.03 bits per heavy atom. The zero-order valence-corrected chi connectivity index (χ0v) is 16.9. The molecule has 14 heteroatoms. The average molecular weight is 490 g/mol. The largest absolute Gasteiger partial charge is 0.617 e. The van der Waals surface area contributed by atoms with Crippen molar-refractivity contribution in [2.75, 3.05) is 0 Å². The maximum atomic E-state index is 13.1. The van der Waals surface area contributed by atoms with Crippen molar-refractivity contribution in [3.05, 3.63) is 70.3 Å². The first kappa shape index (κ1) is 22.2. The van der Waals surface area contributed by atoms with E-state index in [-0.39, 0.29) is 30.5 Å². The number of alkyl halides is 6. The molecule has 32 heavy (non-hydrogen) atoms. The van der Waals surface area contributed by atoms with Crippen LogP contribution in [0.25, 0.3) is 22.1 Å². The molecule has 0 radical (unpaired) electrons. The van der Waals surface area contributed by atoms with Gasteiger partial charge in [-0.15, -0.1) is 0 Å². The molecule has 0 saturated carbocycles. The molecule has 0 aliphatic rings. The Balaban J connectivity index is 1.68. The predicted molar refractivity (Wildman–Crippen MR) is 103 cm³/mol. The van der Waals surface area contributed by atoms with Gasteiger partial charge in [-0.05, 0) is 12.1 Å². The Kier molecular flexibility index (Phi) is 5.45. The van der Waals surface area contributed by atoms with Crippen LogP contribution in [-0.4, -0.2) is 9.97 Å². The van der Waals surface area contributed by atoms with Crippen LogP contribution in [-0.2, 0) is 12.4 Å². The highest BCUT2D eigenvalue weighted by atomic mass is 33.1. The molecule has 0 unspecified atom stereocenters. The molecular weight excluding hydrogens is 482 g/mol. The van der Waals surface area contributed by atoms with Gasteiger partial charge in [-0.2, -0.15) is 35.8 Å². The monoisotopic (exact) mass is 490 g/mol. The highest BCUT2D eigenvalue weighted by Gasteiger charge is 2.36. The molecule has 0 aliphatic carbocycles. The van der Waals surface area contributed by atoms with Crippen molar-refractivity contribution in [1.29, 1.82) is 0 Å². The van der Waals surface area contributed by atoms with Crippen LogP contribution in [0, 0.1) is 10.4 Å². The van der Waals surface area contributed by atoms with Gasteiger partial charge in [0.2, 0.25) is 11.0 Å². The van der Waals surface area contributed by atoms with Crippen molar-refractivity contribution in [3.63, 3.8) is 0 Å². The summed E-state index contributed by atoms with van der Waals surface area (Å²) in [5.74, 6) is 0. The van der Waals surface area contributed by atoms with Gasteiger partial charge in [0.15, 0.2) is 0 Å². The topological polar surface area (TPSA) is 79.7 Å². The average Bonchev–Trinajstić information content (AvgIpc) is 2.72. The molecule has 2 aromatic heterocycles. The molecule has 4 aromatic rings. The lowest BCUT2D eigenvalue weighted by Crippen LogP contribution is -2.32. The third kappa shape index (κ3) is 3.95. The summed E-state index contributed by atoms with van der Waals surface area (Å²) in [6, 6.07) is 6.08. The smallest absolute Gasteiger partial charge is 0.418 e. The Morgan fingerprint density at radius 3 is 1.38 bits per heavy atom. The third-order valence-corrected chi connectivity index (χ3v) is 6.54. The zero-order chi connectivity index (χ0) is 23.3. The third-order valence-electron chi connectivity index (χ3n) is 4.30. The normalized spacial score (nSPS) is 12.6. The van der Waals surface area contributed by atoms with Crippen LogP contribution in [0.2, 0.25) is 0 Å². The van der Waals surface area contributed by atoms with Crippen molar-refractivity contribution in [2.45, 2.75) is 22.4 Å². The first-order chi connectivity index (χ1) is 15.0. The van der Waals surface area contributed by atoms with Crippen molar-refractivity contribution in [3.8, 4) is 0 Å². The number of para-hydroxylation sites is 2. The fourth-order valence-electron chi connectivity index (χ4n) is 2.90. The van der Waals surface area contributed by atoms with Gasteiger partial charge in [0.05, 0.1) is 11.1 Å². The van der Waals surface area contributed by atoms with E-state index in [0.717, 1.165) is 36.7 Å². The van der Waals surface area contributed by atoms with E-state index in [0.29, 0.717) is 21.6 Å². The summed E-state index contributed by atoms with van der Waals surface area (Å²) in [6.45, 7) is 0. The lowest BCUT2D eigenvalue weighted by atomic mass is 10.1. The molecule has 0 atom stereocenters. The van der Waals surface area contributed by atoms with Crippen LogP contribution < -0.4 is 9.46 Å². The van der Waals surface area contributed by atoms with Crippen LogP contribution in [0.3, 0.4) is 0 Å². The van der Waals surface area contributed by atoms with Gasteiger partial charge in [-0.1, -0.05) is 12.1 Å². The van der Waals surface area contributed by atoms with E-state index >= 15 is 0 Å². The van der Waals surface area contributed by atoms with Gasteiger partial charge in [-0.25, -0.2) is 9.97 Å². The first-order valence-corrected chi connectivity index (χ1v) is 10.6. The minimum Gasteiger partial charge on any atom is -0.617 e. The zero-order valence-electron chi connectivity index (χ0n) is 15.3. The second-order valence-electron chi connectivity index (χ2n) is 6.29. The Morgan fingerprint density at radius 1 is 0.656 bits per heavy atom. The minimum atomic E-state index is -4.71. The molecule has 0 N–H and O–H groups in total. The molecule has 0 fully saturated rings. The summed E-state index contributed by atoms with van der Waals surface area (Å²) in [5.41, 5.74) is -3.86. The second-order valence-corrected chi connectivity index (χ2v) is 8.46. The fraction of sp³-hybridized carbons (Fsp3) is 0.111. The first-order valence-electron chi connectivity index (χ1n) is 8.50. The maximum Gasteiger partial charge on any atom is 0.418 e. The van der Waals surface area contributed by atoms with Gasteiger partial charge < -0.3 is 10.4 Å². The molecule has 0 saturated heterocycles. The molecule has 0 bridgehead atoms. The van der Waals surface area contributed by atoms with E-state index in [2.05, 4.69) is 9.97 Å². The number of halogens is 6. The lowest BCUT2D eigenvalue weighted by molar-refractivity contribution is -0.619. The standard InChI is InChI=1S/C18H8F6N4O2S2/c19-17(20,21)9-3-1-5-11-15(9)25-7-13(27(11)29)31-32-14-8-26-16-10(18(22,23)24)4-2-6-12(16)28(14)30/h1-8H. The summed E-state index contributed by atoms with van der Waals surface area (Å²) in [4.78, 5) is 7.46. The minimum absolute atomic E-state index is 0.133. The van der Waals surface area contributed by atoms with Gasteiger partial charge >= 0.3 is 12.4 Å². The van der Waals surface area contributed by atoms with E-state index in [1.807, 2.05) is 0 Å². The summed E-state index contributed by atoms with van der Waals surface area (Å²) in [7, 11) is 1.40. The summed E-state index contributed by atoms with van der Waals surface area (Å²) in [5, 5.41) is 24.8. The van der Waals surface area contributed by atoms with Crippen LogP contribution in [0.1, 0.15) is 11.1 Å². The molecule has 4 rings (SSSR count). The van der Waals surface area contributed by atoms with Crippen molar-refractivity contribution in [2.24, 2.45) is 0 Å². The van der Waals surface area contributed by atoms with Crippen molar-refractivity contribution in [1.82, 2.24) is 9.97 Å². The van der Waals surface area contributed by atoms with Crippen molar-refractivity contribution < 1.29 is 35.8 Å². The lowest BCUT2D eigenvalue weighted by Gasteiger charge is -2.11. The van der Waals surface area contributed by atoms with E-state index in [1.165, 1.54) is 12.1 Å². The Labute approximate surface area is 182 Å². The van der Waals surface area contributed by atoms with E-state index in [1.54, 1.807) is 0 Å².